The number of fused-ring (bicyclic) bond motifs is 1. The highest BCUT2D eigenvalue weighted by Gasteiger charge is 2.20. The number of aromatic amines is 1. The molecule has 4 heterocycles. The van der Waals surface area contributed by atoms with E-state index in [0.29, 0.717) is 18.3 Å². The van der Waals surface area contributed by atoms with Gasteiger partial charge in [0, 0.05) is 47.5 Å². The number of aliphatic hydroxyl groups excluding tert-OH is 1. The summed E-state index contributed by atoms with van der Waals surface area (Å²) in [6.07, 6.45) is 5.11. The third-order valence-corrected chi connectivity index (χ3v) is 4.97. The van der Waals surface area contributed by atoms with E-state index in [2.05, 4.69) is 25.1 Å². The highest BCUT2D eigenvalue weighted by atomic mass is 16.4. The van der Waals surface area contributed by atoms with Gasteiger partial charge in [0.15, 0.2) is 5.82 Å². The van der Waals surface area contributed by atoms with Crippen LogP contribution in [-0.4, -0.2) is 49.4 Å². The number of aliphatic hydroxyl groups is 1. The van der Waals surface area contributed by atoms with Crippen molar-refractivity contribution in [1.29, 1.82) is 0 Å². The molecule has 9 nitrogen and oxygen atoms in total. The molecule has 4 aromatic rings. The number of piperidine rings is 1. The van der Waals surface area contributed by atoms with Gasteiger partial charge >= 0.3 is 6.01 Å². The normalized spacial score (nSPS) is 17.3. The van der Waals surface area contributed by atoms with Crippen molar-refractivity contribution in [3.63, 3.8) is 0 Å². The summed E-state index contributed by atoms with van der Waals surface area (Å²) in [6.45, 7) is 1.47. The Labute approximate surface area is 160 Å². The zero-order valence-corrected chi connectivity index (χ0v) is 15.0. The molecule has 0 radical (unpaired) electrons. The lowest BCUT2D eigenvalue weighted by Crippen LogP contribution is -2.38. The molecular weight excluding hydrogens is 358 g/mol. The molecule has 4 N–H and O–H groups in total. The van der Waals surface area contributed by atoms with Crippen molar-refractivity contribution in [2.24, 2.45) is 0 Å². The summed E-state index contributed by atoms with van der Waals surface area (Å²) in [7, 11) is 0. The molecule has 1 atom stereocenters. The average Bonchev–Trinajstić information content (AvgIpc) is 3.34. The molecule has 5 rings (SSSR count). The number of β-amino-alcohol motifs (C(OH)–C–C–N with tert-alkyl or cyclic N) is 1. The predicted molar refractivity (Wildman–Crippen MR) is 104 cm³/mol. The molecule has 0 unspecified atom stereocenters. The van der Waals surface area contributed by atoms with Gasteiger partial charge in [-0.2, -0.15) is 0 Å². The molecule has 1 aliphatic heterocycles. The molecule has 142 valence electrons. The lowest BCUT2D eigenvalue weighted by atomic mass is 10.1. The van der Waals surface area contributed by atoms with Crippen LogP contribution in [0, 0.1) is 0 Å². The van der Waals surface area contributed by atoms with E-state index in [1.807, 2.05) is 30.5 Å². The molecule has 28 heavy (non-hydrogen) atoms. The Morgan fingerprint density at radius 3 is 3.00 bits per heavy atom. The van der Waals surface area contributed by atoms with E-state index in [4.69, 9.17) is 15.1 Å². The van der Waals surface area contributed by atoms with Crippen molar-refractivity contribution in [3.8, 4) is 22.8 Å². The second-order valence-corrected chi connectivity index (χ2v) is 6.89. The standard InChI is InChI=1S/C19H19N7O2/c20-19-25-24-18(28-19)11-3-4-15-13(8-11)14(9-22-15)17-21-6-5-16(23-17)26-7-1-2-12(27)10-26/h3-6,8-9,12,22,27H,1-2,7,10H2,(H2,20,25)/t12-/m0/s1. The topological polar surface area (TPSA) is 130 Å². The fourth-order valence-corrected chi connectivity index (χ4v) is 3.61. The number of benzene rings is 1. The van der Waals surface area contributed by atoms with Crippen LogP contribution in [0.25, 0.3) is 33.7 Å². The number of nitrogens with one attached hydrogen (secondary N) is 1. The number of aromatic nitrogens is 5. The van der Waals surface area contributed by atoms with Crippen molar-refractivity contribution < 1.29 is 9.52 Å². The summed E-state index contributed by atoms with van der Waals surface area (Å²) >= 11 is 0. The zero-order valence-electron chi connectivity index (χ0n) is 15.0. The van der Waals surface area contributed by atoms with Crippen LogP contribution in [-0.2, 0) is 0 Å². The fourth-order valence-electron chi connectivity index (χ4n) is 3.61. The minimum atomic E-state index is -0.315. The Kier molecular flexibility index (Phi) is 3.94. The first kappa shape index (κ1) is 16.7. The third kappa shape index (κ3) is 2.95. The maximum absolute atomic E-state index is 9.96. The highest BCUT2D eigenvalue weighted by Crippen LogP contribution is 2.31. The van der Waals surface area contributed by atoms with Gasteiger partial charge in [0.2, 0.25) is 5.89 Å². The molecule has 1 fully saturated rings. The summed E-state index contributed by atoms with van der Waals surface area (Å²) in [5, 5.41) is 18.6. The van der Waals surface area contributed by atoms with Gasteiger partial charge in [-0.05, 0) is 37.1 Å². The van der Waals surface area contributed by atoms with Crippen LogP contribution in [0.5, 0.6) is 0 Å². The SMILES string of the molecule is Nc1nnc(-c2ccc3[nH]cc(-c4nccc(N5CCC[C@H](O)C5)n4)c3c2)o1. The summed E-state index contributed by atoms with van der Waals surface area (Å²) in [5.41, 5.74) is 8.14. The Balaban J connectivity index is 1.55. The van der Waals surface area contributed by atoms with Gasteiger partial charge in [-0.3, -0.25) is 0 Å². The van der Waals surface area contributed by atoms with Crippen LogP contribution >= 0.6 is 0 Å². The largest absolute Gasteiger partial charge is 0.404 e. The van der Waals surface area contributed by atoms with E-state index >= 15 is 0 Å². The first-order chi connectivity index (χ1) is 13.7. The maximum atomic E-state index is 9.96. The van der Waals surface area contributed by atoms with Gasteiger partial charge in [0.05, 0.1) is 6.10 Å². The molecule has 9 heteroatoms. The van der Waals surface area contributed by atoms with E-state index in [9.17, 15) is 5.11 Å². The molecule has 3 aromatic heterocycles. The minimum absolute atomic E-state index is 0.0316. The molecule has 1 aliphatic rings. The first-order valence-electron chi connectivity index (χ1n) is 9.14. The average molecular weight is 377 g/mol. The molecule has 0 saturated carbocycles. The van der Waals surface area contributed by atoms with Crippen LogP contribution in [0.3, 0.4) is 0 Å². The molecule has 1 saturated heterocycles. The number of nitrogen functional groups attached to an aromatic ring is 1. The lowest BCUT2D eigenvalue weighted by molar-refractivity contribution is 0.154. The Morgan fingerprint density at radius 2 is 2.18 bits per heavy atom. The summed E-state index contributed by atoms with van der Waals surface area (Å²) < 4.78 is 5.33. The van der Waals surface area contributed by atoms with Crippen molar-refractivity contribution in [2.75, 3.05) is 23.7 Å². The monoisotopic (exact) mass is 377 g/mol. The lowest BCUT2D eigenvalue weighted by Gasteiger charge is -2.31. The van der Waals surface area contributed by atoms with Crippen molar-refractivity contribution >= 4 is 22.7 Å². The maximum Gasteiger partial charge on any atom is 0.313 e. The Hall–Kier alpha value is -3.46. The number of nitrogens with two attached hydrogens (primary N) is 1. The van der Waals surface area contributed by atoms with Crippen LogP contribution in [0.4, 0.5) is 11.8 Å². The van der Waals surface area contributed by atoms with Crippen molar-refractivity contribution in [3.05, 3.63) is 36.7 Å². The van der Waals surface area contributed by atoms with Gasteiger partial charge in [-0.1, -0.05) is 5.10 Å². The van der Waals surface area contributed by atoms with Gasteiger partial charge < -0.3 is 25.1 Å². The molecule has 0 aliphatic carbocycles. The predicted octanol–water partition coefficient (Wildman–Crippen LogP) is 2.22. The van der Waals surface area contributed by atoms with Crippen molar-refractivity contribution in [1.82, 2.24) is 25.1 Å². The van der Waals surface area contributed by atoms with Crippen molar-refractivity contribution in [2.45, 2.75) is 18.9 Å². The molecule has 1 aromatic carbocycles. The molecular formula is C19H19N7O2. The minimum Gasteiger partial charge on any atom is -0.404 e. The van der Waals surface area contributed by atoms with Crippen LogP contribution in [0.1, 0.15) is 12.8 Å². The quantitative estimate of drug-likeness (QED) is 0.495. The summed E-state index contributed by atoms with van der Waals surface area (Å²) in [6, 6.07) is 7.70. The van der Waals surface area contributed by atoms with Gasteiger partial charge in [-0.15, -0.1) is 5.10 Å². The second-order valence-electron chi connectivity index (χ2n) is 6.89. The number of H-pyrrole nitrogens is 1. The Morgan fingerprint density at radius 1 is 1.25 bits per heavy atom. The number of hydrogen-bond donors (Lipinski definition) is 3. The number of anilines is 2. The van der Waals surface area contributed by atoms with E-state index in [-0.39, 0.29) is 12.1 Å². The van der Waals surface area contributed by atoms with E-state index < -0.39 is 0 Å². The summed E-state index contributed by atoms with van der Waals surface area (Å²) in [4.78, 5) is 14.6. The van der Waals surface area contributed by atoms with E-state index in [1.54, 1.807) is 6.20 Å². The van der Waals surface area contributed by atoms with Gasteiger partial charge in [0.1, 0.15) is 5.82 Å². The van der Waals surface area contributed by atoms with Gasteiger partial charge in [0.25, 0.3) is 0 Å². The van der Waals surface area contributed by atoms with E-state index in [1.165, 1.54) is 0 Å². The number of hydrogen-bond acceptors (Lipinski definition) is 8. The van der Waals surface area contributed by atoms with Crippen LogP contribution in [0.15, 0.2) is 41.1 Å². The Bertz CT molecular complexity index is 1140. The smallest absolute Gasteiger partial charge is 0.313 e. The second kappa shape index (κ2) is 6.61. The first-order valence-corrected chi connectivity index (χ1v) is 9.14. The third-order valence-electron chi connectivity index (χ3n) is 4.97. The number of rotatable bonds is 3. The zero-order chi connectivity index (χ0) is 19.1. The highest BCUT2D eigenvalue weighted by molar-refractivity contribution is 5.96. The van der Waals surface area contributed by atoms with Crippen LogP contribution < -0.4 is 10.6 Å². The molecule has 0 bridgehead atoms. The van der Waals surface area contributed by atoms with E-state index in [0.717, 1.165) is 47.2 Å². The van der Waals surface area contributed by atoms with Crippen LogP contribution in [0.2, 0.25) is 0 Å². The molecule has 0 amide bonds. The van der Waals surface area contributed by atoms with Gasteiger partial charge in [-0.25, -0.2) is 9.97 Å². The fraction of sp³-hybridized carbons (Fsp3) is 0.263. The summed E-state index contributed by atoms with van der Waals surface area (Å²) in [5.74, 6) is 1.80. The number of nitrogens with zero attached hydrogens (tertiary/aromatic N) is 5. The molecule has 0 spiro atoms.